The lowest BCUT2D eigenvalue weighted by atomic mass is 10.0. The number of hydrogen-bond acceptors (Lipinski definition) is 3. The molecule has 0 spiro atoms. The summed E-state index contributed by atoms with van der Waals surface area (Å²) in [5.74, 6) is -0.957. The molecule has 0 fully saturated rings. The fourth-order valence-electron chi connectivity index (χ4n) is 2.91. The fourth-order valence-corrected chi connectivity index (χ4v) is 3.97. The van der Waals surface area contributed by atoms with Crippen molar-refractivity contribution in [2.45, 2.75) is 34.1 Å². The molecule has 0 atom stereocenters. The second-order valence-electron chi connectivity index (χ2n) is 5.89. The van der Waals surface area contributed by atoms with Crippen LogP contribution >= 0.6 is 11.3 Å². The Morgan fingerprint density at radius 1 is 1.29 bits per heavy atom. The van der Waals surface area contributed by atoms with Crippen LogP contribution in [0, 0.1) is 20.8 Å². The molecule has 1 aromatic carbocycles. The SMILES string of the molecule is CCc1c(C)sc2nc(-c3ccc(C)c(C)c3)c(/C=C/C(=O)O)n12. The maximum absolute atomic E-state index is 11.0. The molecule has 0 aliphatic carbocycles. The number of aliphatic carboxylic acids is 1. The van der Waals surface area contributed by atoms with Crippen molar-refractivity contribution in [2.75, 3.05) is 0 Å². The molecule has 4 nitrogen and oxygen atoms in total. The lowest BCUT2D eigenvalue weighted by molar-refractivity contribution is -0.131. The first-order chi connectivity index (χ1) is 11.4. The van der Waals surface area contributed by atoms with E-state index in [0.29, 0.717) is 0 Å². The Labute approximate surface area is 145 Å². The van der Waals surface area contributed by atoms with Gasteiger partial charge in [0.2, 0.25) is 0 Å². The highest BCUT2D eigenvalue weighted by Gasteiger charge is 2.18. The van der Waals surface area contributed by atoms with Crippen LogP contribution in [0.15, 0.2) is 24.3 Å². The van der Waals surface area contributed by atoms with Gasteiger partial charge in [-0.25, -0.2) is 9.78 Å². The number of aromatic nitrogens is 2. The molecule has 2 heterocycles. The Hall–Kier alpha value is -2.40. The van der Waals surface area contributed by atoms with E-state index in [9.17, 15) is 4.79 Å². The molecule has 124 valence electrons. The van der Waals surface area contributed by atoms with Crippen molar-refractivity contribution in [3.05, 3.63) is 51.7 Å². The van der Waals surface area contributed by atoms with Gasteiger partial charge in [-0.2, -0.15) is 0 Å². The van der Waals surface area contributed by atoms with Crippen LogP contribution in [-0.2, 0) is 11.2 Å². The maximum Gasteiger partial charge on any atom is 0.328 e. The highest BCUT2D eigenvalue weighted by molar-refractivity contribution is 7.17. The molecule has 3 rings (SSSR count). The summed E-state index contributed by atoms with van der Waals surface area (Å²) in [5.41, 5.74) is 6.28. The van der Waals surface area contributed by atoms with Crippen molar-refractivity contribution in [3.8, 4) is 11.3 Å². The summed E-state index contributed by atoms with van der Waals surface area (Å²) in [6, 6.07) is 6.23. The van der Waals surface area contributed by atoms with Crippen LogP contribution in [-0.4, -0.2) is 20.5 Å². The van der Waals surface area contributed by atoms with Crippen LogP contribution in [0.3, 0.4) is 0 Å². The van der Waals surface area contributed by atoms with Gasteiger partial charge in [-0.05, 0) is 50.5 Å². The third-order valence-corrected chi connectivity index (χ3v) is 5.30. The maximum atomic E-state index is 11.0. The molecule has 2 aromatic heterocycles. The predicted molar refractivity (Wildman–Crippen MR) is 98.8 cm³/mol. The first-order valence-electron chi connectivity index (χ1n) is 7.91. The van der Waals surface area contributed by atoms with E-state index in [-0.39, 0.29) is 0 Å². The number of imidazole rings is 1. The molecule has 0 bridgehead atoms. The molecule has 0 saturated carbocycles. The van der Waals surface area contributed by atoms with Gasteiger partial charge in [0, 0.05) is 22.2 Å². The van der Waals surface area contributed by atoms with Crippen LogP contribution in [0.4, 0.5) is 0 Å². The Balaban J connectivity index is 2.30. The highest BCUT2D eigenvalue weighted by Crippen LogP contribution is 2.32. The zero-order valence-corrected chi connectivity index (χ0v) is 15.1. The van der Waals surface area contributed by atoms with Crippen molar-refractivity contribution < 1.29 is 9.90 Å². The van der Waals surface area contributed by atoms with Gasteiger partial charge >= 0.3 is 5.97 Å². The summed E-state index contributed by atoms with van der Waals surface area (Å²) in [6.07, 6.45) is 3.71. The highest BCUT2D eigenvalue weighted by atomic mass is 32.1. The van der Waals surface area contributed by atoms with Gasteiger partial charge in [0.15, 0.2) is 4.96 Å². The van der Waals surface area contributed by atoms with E-state index in [4.69, 9.17) is 10.1 Å². The molecular weight excluding hydrogens is 320 g/mol. The van der Waals surface area contributed by atoms with Crippen LogP contribution in [0.1, 0.15) is 34.3 Å². The van der Waals surface area contributed by atoms with Crippen LogP contribution in [0.25, 0.3) is 22.3 Å². The normalized spacial score (nSPS) is 11.7. The Morgan fingerprint density at radius 2 is 2.04 bits per heavy atom. The summed E-state index contributed by atoms with van der Waals surface area (Å²) in [6.45, 7) is 8.34. The number of benzene rings is 1. The minimum atomic E-state index is -0.957. The molecule has 3 aromatic rings. The Kier molecular flexibility index (Phi) is 4.28. The van der Waals surface area contributed by atoms with Crippen LogP contribution < -0.4 is 0 Å². The minimum absolute atomic E-state index is 0.830. The van der Waals surface area contributed by atoms with Crippen molar-refractivity contribution >= 4 is 28.3 Å². The quantitative estimate of drug-likeness (QED) is 0.704. The lowest BCUT2D eigenvalue weighted by Gasteiger charge is -2.06. The number of nitrogens with zero attached hydrogens (tertiary/aromatic N) is 2. The number of carboxylic acid groups (broad SMARTS) is 1. The smallest absolute Gasteiger partial charge is 0.328 e. The van der Waals surface area contributed by atoms with Crippen molar-refractivity contribution in [3.63, 3.8) is 0 Å². The van der Waals surface area contributed by atoms with E-state index in [1.165, 1.54) is 27.8 Å². The molecule has 0 saturated heterocycles. The summed E-state index contributed by atoms with van der Waals surface area (Å²) in [5, 5.41) is 9.04. The zero-order valence-electron chi connectivity index (χ0n) is 14.3. The molecule has 0 radical (unpaired) electrons. The van der Waals surface area contributed by atoms with E-state index in [1.807, 2.05) is 6.07 Å². The third-order valence-electron chi connectivity index (χ3n) is 4.30. The number of hydrogen-bond donors (Lipinski definition) is 1. The van der Waals surface area contributed by atoms with Gasteiger partial charge in [0.25, 0.3) is 0 Å². The largest absolute Gasteiger partial charge is 0.478 e. The molecule has 0 aliphatic heterocycles. The molecule has 24 heavy (non-hydrogen) atoms. The number of aryl methyl sites for hydroxylation is 4. The third kappa shape index (κ3) is 2.76. The average Bonchev–Trinajstić information content (AvgIpc) is 3.02. The van der Waals surface area contributed by atoms with Gasteiger partial charge in [0.1, 0.15) is 0 Å². The van der Waals surface area contributed by atoms with Crippen molar-refractivity contribution in [2.24, 2.45) is 0 Å². The lowest BCUT2D eigenvalue weighted by Crippen LogP contribution is -1.96. The minimum Gasteiger partial charge on any atom is -0.478 e. The summed E-state index contributed by atoms with van der Waals surface area (Å²) >= 11 is 1.65. The molecule has 5 heteroatoms. The first kappa shape index (κ1) is 16.5. The standard InChI is InChI=1S/C19H20N2O2S/c1-5-15-13(4)24-19-20-18(14-7-6-11(2)12(3)10-14)16(21(15)19)8-9-17(22)23/h6-10H,5H2,1-4H3,(H,22,23)/b9-8+. The molecule has 0 unspecified atom stereocenters. The Morgan fingerprint density at radius 3 is 2.67 bits per heavy atom. The Bertz CT molecular complexity index is 964. The summed E-state index contributed by atoms with van der Waals surface area (Å²) in [4.78, 5) is 17.9. The van der Waals surface area contributed by atoms with E-state index in [2.05, 4.69) is 44.2 Å². The number of carbonyl (C=O) groups is 1. The summed E-state index contributed by atoms with van der Waals surface area (Å²) < 4.78 is 2.09. The summed E-state index contributed by atoms with van der Waals surface area (Å²) in [7, 11) is 0. The van der Waals surface area contributed by atoms with E-state index < -0.39 is 5.97 Å². The van der Waals surface area contributed by atoms with Gasteiger partial charge in [-0.3, -0.25) is 4.40 Å². The zero-order chi connectivity index (χ0) is 17.4. The van der Waals surface area contributed by atoms with Crippen LogP contribution in [0.5, 0.6) is 0 Å². The van der Waals surface area contributed by atoms with Gasteiger partial charge < -0.3 is 5.11 Å². The van der Waals surface area contributed by atoms with Crippen molar-refractivity contribution in [1.82, 2.24) is 9.38 Å². The number of carboxylic acids is 1. The first-order valence-corrected chi connectivity index (χ1v) is 8.73. The van der Waals surface area contributed by atoms with Gasteiger partial charge in [-0.15, -0.1) is 11.3 Å². The number of fused-ring (bicyclic) bond motifs is 1. The second-order valence-corrected chi connectivity index (χ2v) is 7.07. The number of rotatable bonds is 4. The molecular formula is C19H20N2O2S. The van der Waals surface area contributed by atoms with Crippen molar-refractivity contribution in [1.29, 1.82) is 0 Å². The van der Waals surface area contributed by atoms with Gasteiger partial charge in [-0.1, -0.05) is 19.1 Å². The molecule has 0 aliphatic rings. The van der Waals surface area contributed by atoms with E-state index in [1.54, 1.807) is 17.4 Å². The molecule has 1 N–H and O–H groups in total. The van der Waals surface area contributed by atoms with Crippen LogP contribution in [0.2, 0.25) is 0 Å². The van der Waals surface area contributed by atoms with Gasteiger partial charge in [0.05, 0.1) is 11.4 Å². The monoisotopic (exact) mass is 340 g/mol. The molecule has 0 amide bonds. The fraction of sp³-hybridized carbons (Fsp3) is 0.263. The predicted octanol–water partition coefficient (Wildman–Crippen LogP) is 4.65. The number of thiazole rings is 1. The average molecular weight is 340 g/mol. The van der Waals surface area contributed by atoms with E-state index in [0.717, 1.165) is 28.3 Å². The second kappa shape index (κ2) is 6.24. The topological polar surface area (TPSA) is 54.6 Å². The van der Waals surface area contributed by atoms with E-state index >= 15 is 0 Å².